The van der Waals surface area contributed by atoms with Gasteiger partial charge in [-0.25, -0.2) is 4.39 Å². The molecule has 0 rings (SSSR count). The predicted octanol–water partition coefficient (Wildman–Crippen LogP) is 4.05. The Morgan fingerprint density at radius 2 is 1.50 bits per heavy atom. The highest BCUT2D eigenvalue weighted by Crippen LogP contribution is 2.36. The minimum atomic E-state index is -2.43. The van der Waals surface area contributed by atoms with Gasteiger partial charge in [-0.05, 0) is 0 Å². The number of alkyl halides is 6. The van der Waals surface area contributed by atoms with E-state index in [4.69, 9.17) is 58.0 Å². The zero-order chi connectivity index (χ0) is 8.41. The molecule has 0 aromatic carbocycles. The molecule has 0 aromatic heterocycles. The van der Waals surface area contributed by atoms with E-state index in [1.807, 2.05) is 0 Å². The Hall–Kier alpha value is 1.38. The van der Waals surface area contributed by atoms with Gasteiger partial charge in [0.05, 0.1) is 0 Å². The molecule has 0 heterocycles. The quantitative estimate of drug-likeness (QED) is 0.646. The summed E-state index contributed by atoms with van der Waals surface area (Å²) in [4.78, 5) is 0. The van der Waals surface area contributed by atoms with Crippen LogP contribution in [0.1, 0.15) is 6.42 Å². The Kier molecular flexibility index (Phi) is 4.39. The summed E-state index contributed by atoms with van der Waals surface area (Å²) in [6.07, 6.45) is 0.726. The van der Waals surface area contributed by atoms with Crippen LogP contribution >= 0.6 is 58.0 Å². The van der Waals surface area contributed by atoms with Crippen molar-refractivity contribution in [3.63, 3.8) is 0 Å². The molecule has 10 heavy (non-hydrogen) atoms. The van der Waals surface area contributed by atoms with E-state index in [0.29, 0.717) is 0 Å². The van der Waals surface area contributed by atoms with Crippen molar-refractivity contribution in [3.05, 3.63) is 6.42 Å². The summed E-state index contributed by atoms with van der Waals surface area (Å²) < 4.78 is 8.25. The van der Waals surface area contributed by atoms with E-state index < -0.39 is 8.38 Å². The summed E-state index contributed by atoms with van der Waals surface area (Å²) in [7, 11) is 0. The number of halogens is 6. The third-order valence-corrected chi connectivity index (χ3v) is 1.34. The van der Waals surface area contributed by atoms with E-state index in [9.17, 15) is 4.39 Å². The predicted molar refractivity (Wildman–Crippen MR) is 44.8 cm³/mol. The van der Waals surface area contributed by atoms with Gasteiger partial charge in [0.1, 0.15) is 0 Å². The maximum atomic E-state index is 12.2. The molecule has 0 N–H and O–H groups in total. The van der Waals surface area contributed by atoms with Crippen LogP contribution in [0.3, 0.4) is 0 Å². The summed E-state index contributed by atoms with van der Waals surface area (Å²) in [6, 6.07) is 0. The van der Waals surface area contributed by atoms with Crippen molar-refractivity contribution in [2.75, 3.05) is 0 Å². The first-order valence-corrected chi connectivity index (χ1v) is 4.07. The van der Waals surface area contributed by atoms with E-state index >= 15 is 0 Å². The summed E-state index contributed by atoms with van der Waals surface area (Å²) in [5, 5.41) is 0. The first-order chi connectivity index (χ1) is 4.21. The highest BCUT2D eigenvalue weighted by molar-refractivity contribution is 6.67. The van der Waals surface area contributed by atoms with Crippen LogP contribution in [0.15, 0.2) is 0 Å². The highest BCUT2D eigenvalue weighted by atomic mass is 35.6. The zero-order valence-electron chi connectivity index (χ0n) is 4.55. The largest absolute Gasteiger partial charge is 0.260 e. The van der Waals surface area contributed by atoms with Crippen LogP contribution in [0, 0.1) is 6.42 Å². The molecular weight excluding hydrogens is 244 g/mol. The van der Waals surface area contributed by atoms with Gasteiger partial charge in [-0.2, -0.15) is 0 Å². The van der Waals surface area contributed by atoms with E-state index in [-0.39, 0.29) is 6.42 Å². The molecule has 0 bridgehead atoms. The second-order valence-corrected chi connectivity index (χ2v) is 5.37. The van der Waals surface area contributed by atoms with Gasteiger partial charge in [-0.15, -0.1) is 0 Å². The van der Waals surface area contributed by atoms with Gasteiger partial charge in [-0.3, -0.25) is 0 Å². The maximum Gasteiger partial charge on any atom is 0.260 e. The Morgan fingerprint density at radius 3 is 1.60 bits per heavy atom. The van der Waals surface area contributed by atoms with Crippen molar-refractivity contribution in [1.82, 2.24) is 0 Å². The lowest BCUT2D eigenvalue weighted by Crippen LogP contribution is -2.11. The van der Waals surface area contributed by atoms with Crippen molar-refractivity contribution in [1.29, 1.82) is 0 Å². The monoisotopic (exact) mass is 245 g/mol. The molecule has 0 spiro atoms. The Bertz CT molecular complexity index is 87.2. The fraction of sp³-hybridized carbons (Fsp3) is 0.750. The molecule has 0 saturated carbocycles. The smallest absolute Gasteiger partial charge is 0.208 e. The van der Waals surface area contributed by atoms with E-state index in [1.54, 1.807) is 0 Å². The van der Waals surface area contributed by atoms with Crippen LogP contribution < -0.4 is 0 Å². The lowest BCUT2D eigenvalue weighted by atomic mass is 10.3. The lowest BCUT2D eigenvalue weighted by molar-refractivity contribution is 0.428. The molecule has 0 atom stereocenters. The highest BCUT2D eigenvalue weighted by Gasteiger charge is 2.29. The summed E-state index contributed by atoms with van der Waals surface area (Å²) >= 11 is 25.6. The number of hydrogen-bond donors (Lipinski definition) is 0. The fourth-order valence-electron chi connectivity index (χ4n) is 0.231. The van der Waals surface area contributed by atoms with E-state index in [2.05, 4.69) is 0 Å². The van der Waals surface area contributed by atoms with Crippen LogP contribution in [0.5, 0.6) is 0 Å². The van der Waals surface area contributed by atoms with Gasteiger partial charge in [0, 0.05) is 12.8 Å². The molecule has 0 unspecified atom stereocenters. The molecule has 0 aliphatic carbocycles. The van der Waals surface area contributed by atoms with Crippen LogP contribution in [-0.2, 0) is 0 Å². The molecule has 0 aromatic rings. The first-order valence-electron chi connectivity index (χ1n) is 2.18. The van der Waals surface area contributed by atoms with E-state index in [0.717, 1.165) is 6.42 Å². The minimum absolute atomic E-state index is 0.138. The van der Waals surface area contributed by atoms with Crippen LogP contribution in [0.2, 0.25) is 0 Å². The molecular formula is C4H3Cl5F. The summed E-state index contributed by atoms with van der Waals surface area (Å²) in [6.45, 7) is 0. The van der Waals surface area contributed by atoms with Gasteiger partial charge in [-0.1, -0.05) is 58.0 Å². The molecule has 0 nitrogen and oxygen atoms in total. The van der Waals surface area contributed by atoms with Crippen molar-refractivity contribution < 1.29 is 4.39 Å². The Morgan fingerprint density at radius 1 is 1.10 bits per heavy atom. The van der Waals surface area contributed by atoms with Gasteiger partial charge < -0.3 is 0 Å². The molecule has 6 heteroatoms. The number of hydrogen-bond acceptors (Lipinski definition) is 0. The average molecular weight is 247 g/mol. The number of rotatable bonds is 2. The van der Waals surface area contributed by atoms with Crippen LogP contribution in [-0.4, -0.2) is 8.38 Å². The van der Waals surface area contributed by atoms with Gasteiger partial charge in [0.15, 0.2) is 3.79 Å². The third-order valence-electron chi connectivity index (χ3n) is 0.565. The molecule has 0 fully saturated rings. The molecule has 0 saturated heterocycles. The molecule has 61 valence electrons. The molecule has 1 radical (unpaired) electrons. The second-order valence-electron chi connectivity index (χ2n) is 1.57. The average Bonchev–Trinajstić information content (AvgIpc) is 1.57. The molecule has 0 amide bonds. The molecule has 0 aliphatic heterocycles. The van der Waals surface area contributed by atoms with Crippen molar-refractivity contribution in [3.8, 4) is 0 Å². The third kappa shape index (κ3) is 9.38. The SMILES string of the molecule is FC(Cl)(Cl)[CH]CC(Cl)(Cl)Cl. The summed E-state index contributed by atoms with van der Waals surface area (Å²) in [5.74, 6) is 0. The topological polar surface area (TPSA) is 0 Å². The normalized spacial score (nSPS) is 13.8. The fourth-order valence-corrected chi connectivity index (χ4v) is 0.617. The summed E-state index contributed by atoms with van der Waals surface area (Å²) in [5.41, 5.74) is 0. The Balaban J connectivity index is 3.56. The zero-order valence-corrected chi connectivity index (χ0v) is 8.33. The lowest BCUT2D eigenvalue weighted by Gasteiger charge is -2.13. The molecule has 0 aliphatic rings. The van der Waals surface area contributed by atoms with E-state index in [1.165, 1.54) is 0 Å². The maximum absolute atomic E-state index is 12.2. The second kappa shape index (κ2) is 3.86. The van der Waals surface area contributed by atoms with Gasteiger partial charge in [0.25, 0.3) is 4.59 Å². The Labute approximate surface area is 83.5 Å². The minimum Gasteiger partial charge on any atom is -0.208 e. The van der Waals surface area contributed by atoms with Gasteiger partial charge in [0.2, 0.25) is 0 Å². The van der Waals surface area contributed by atoms with Crippen molar-refractivity contribution in [2.24, 2.45) is 0 Å². The standard InChI is InChI=1S/C4H3Cl5F/c5-3(6,7)1-2-4(8,9)10/h2H,1H2. The van der Waals surface area contributed by atoms with Crippen LogP contribution in [0.4, 0.5) is 4.39 Å². The van der Waals surface area contributed by atoms with Crippen molar-refractivity contribution >= 4 is 58.0 Å². The first kappa shape index (κ1) is 11.4. The van der Waals surface area contributed by atoms with Crippen LogP contribution in [0.25, 0.3) is 0 Å². The van der Waals surface area contributed by atoms with Crippen molar-refractivity contribution in [2.45, 2.75) is 14.8 Å². The van der Waals surface area contributed by atoms with Gasteiger partial charge >= 0.3 is 0 Å².